The average molecular weight is 280 g/mol. The second kappa shape index (κ2) is 4.29. The lowest BCUT2D eigenvalue weighted by Gasteiger charge is -2.14. The van der Waals surface area contributed by atoms with E-state index in [1.165, 1.54) is 0 Å². The molecule has 1 N–H and O–H groups in total. The van der Waals surface area contributed by atoms with Crippen molar-refractivity contribution >= 4 is 0 Å². The highest BCUT2D eigenvalue weighted by molar-refractivity contribution is 5.65. The summed E-state index contributed by atoms with van der Waals surface area (Å²) in [5, 5.41) is 0. The van der Waals surface area contributed by atoms with E-state index in [1.807, 2.05) is 0 Å². The number of rotatable bonds is 1. The molecule has 0 aliphatic heterocycles. The molecule has 1 aromatic heterocycles. The van der Waals surface area contributed by atoms with Crippen molar-refractivity contribution in [2.24, 2.45) is 0 Å². The van der Waals surface area contributed by atoms with Crippen molar-refractivity contribution in [3.8, 4) is 11.3 Å². The molecule has 0 unspecified atom stereocenters. The predicted molar refractivity (Wildman–Crippen MR) is 54.0 cm³/mol. The van der Waals surface area contributed by atoms with E-state index in [9.17, 15) is 26.3 Å². The molecule has 0 bridgehead atoms. The van der Waals surface area contributed by atoms with Crippen molar-refractivity contribution < 1.29 is 26.3 Å². The maximum absolute atomic E-state index is 12.8. The number of hydrogen-bond donors (Lipinski definition) is 1. The van der Waals surface area contributed by atoms with Crippen LogP contribution in [0.3, 0.4) is 0 Å². The van der Waals surface area contributed by atoms with Gasteiger partial charge in [0.2, 0.25) is 0 Å². The Morgan fingerprint density at radius 1 is 0.947 bits per heavy atom. The molecule has 0 spiro atoms. The van der Waals surface area contributed by atoms with Crippen molar-refractivity contribution in [1.29, 1.82) is 0 Å². The predicted octanol–water partition coefficient (Wildman–Crippen LogP) is 4.11. The van der Waals surface area contributed by atoms with Gasteiger partial charge in [-0.3, -0.25) is 0 Å². The lowest BCUT2D eigenvalue weighted by molar-refractivity contribution is -0.141. The van der Waals surface area contributed by atoms with Crippen LogP contribution in [0.4, 0.5) is 26.3 Å². The molecule has 2 rings (SSSR count). The number of aromatic amines is 1. The van der Waals surface area contributed by atoms with E-state index >= 15 is 0 Å². The molecule has 0 aliphatic carbocycles. The Balaban J connectivity index is 2.65. The van der Waals surface area contributed by atoms with Crippen LogP contribution in [0.15, 0.2) is 30.7 Å². The first-order valence-corrected chi connectivity index (χ1v) is 4.97. The third kappa shape index (κ3) is 2.72. The van der Waals surface area contributed by atoms with Crippen LogP contribution in [-0.4, -0.2) is 9.97 Å². The molecule has 2 aromatic rings. The summed E-state index contributed by atoms with van der Waals surface area (Å²) in [5.41, 5.74) is -3.01. The van der Waals surface area contributed by atoms with Crippen LogP contribution in [0.5, 0.6) is 0 Å². The number of alkyl halides is 6. The first-order valence-electron chi connectivity index (χ1n) is 4.97. The van der Waals surface area contributed by atoms with Crippen molar-refractivity contribution in [2.75, 3.05) is 0 Å². The first kappa shape index (κ1) is 13.4. The van der Waals surface area contributed by atoms with Crippen molar-refractivity contribution in [3.63, 3.8) is 0 Å². The normalized spacial score (nSPS) is 12.7. The molecule has 0 atom stereocenters. The summed E-state index contributed by atoms with van der Waals surface area (Å²) in [5.74, 6) is 0. The Morgan fingerprint density at radius 2 is 1.63 bits per heavy atom. The maximum atomic E-state index is 12.8. The molecule has 0 amide bonds. The first-order chi connectivity index (χ1) is 8.69. The van der Waals surface area contributed by atoms with E-state index in [0.29, 0.717) is 18.2 Å². The highest BCUT2D eigenvalue weighted by Gasteiger charge is 2.37. The third-order valence-electron chi connectivity index (χ3n) is 2.44. The Morgan fingerprint density at radius 3 is 2.11 bits per heavy atom. The van der Waals surface area contributed by atoms with Gasteiger partial charge in [-0.2, -0.15) is 26.3 Å². The number of benzene rings is 1. The van der Waals surface area contributed by atoms with Gasteiger partial charge in [-0.25, -0.2) is 4.98 Å². The largest absolute Gasteiger partial charge is 0.417 e. The van der Waals surface area contributed by atoms with E-state index in [1.54, 1.807) is 0 Å². The molecule has 19 heavy (non-hydrogen) atoms. The second-order valence-electron chi connectivity index (χ2n) is 3.72. The number of aromatic nitrogens is 2. The fraction of sp³-hybridized carbons (Fsp3) is 0.182. The van der Waals surface area contributed by atoms with Crippen molar-refractivity contribution in [1.82, 2.24) is 9.97 Å². The highest BCUT2D eigenvalue weighted by Crippen LogP contribution is 2.39. The average Bonchev–Trinajstić information content (AvgIpc) is 2.79. The Kier molecular flexibility index (Phi) is 3.03. The van der Waals surface area contributed by atoms with Crippen LogP contribution in [0.25, 0.3) is 11.3 Å². The minimum atomic E-state index is -4.75. The molecule has 0 saturated carbocycles. The van der Waals surface area contributed by atoms with Crippen LogP contribution >= 0.6 is 0 Å². The number of H-pyrrole nitrogens is 1. The summed E-state index contributed by atoms with van der Waals surface area (Å²) in [6.07, 6.45) is -7.33. The maximum Gasteiger partial charge on any atom is 0.417 e. The van der Waals surface area contributed by atoms with Gasteiger partial charge in [0.15, 0.2) is 0 Å². The molecule has 0 fully saturated rings. The van der Waals surface area contributed by atoms with Crippen LogP contribution < -0.4 is 0 Å². The number of halogens is 6. The number of nitrogens with one attached hydrogen (secondary N) is 1. The molecule has 0 saturated heterocycles. The molecule has 0 aliphatic rings. The number of hydrogen-bond acceptors (Lipinski definition) is 1. The topological polar surface area (TPSA) is 28.7 Å². The molecular weight excluding hydrogens is 274 g/mol. The van der Waals surface area contributed by atoms with Crippen molar-refractivity contribution in [3.05, 3.63) is 41.9 Å². The smallest absolute Gasteiger partial charge is 0.345 e. The molecule has 2 nitrogen and oxygen atoms in total. The van der Waals surface area contributed by atoms with E-state index in [4.69, 9.17) is 0 Å². The quantitative estimate of drug-likeness (QED) is 0.782. The fourth-order valence-corrected chi connectivity index (χ4v) is 1.59. The lowest BCUT2D eigenvalue weighted by Crippen LogP contribution is -2.11. The molecular formula is C11H6F6N2. The molecule has 0 radical (unpaired) electrons. The van der Waals surface area contributed by atoms with Gasteiger partial charge < -0.3 is 4.98 Å². The summed E-state index contributed by atoms with van der Waals surface area (Å²) < 4.78 is 75.9. The Bertz CT molecular complexity index is 568. The van der Waals surface area contributed by atoms with Gasteiger partial charge in [-0.1, -0.05) is 0 Å². The van der Waals surface area contributed by atoms with Gasteiger partial charge in [0.25, 0.3) is 0 Å². The molecule has 102 valence electrons. The van der Waals surface area contributed by atoms with Crippen LogP contribution in [0.2, 0.25) is 0 Å². The van der Waals surface area contributed by atoms with Gasteiger partial charge in [-0.05, 0) is 18.2 Å². The van der Waals surface area contributed by atoms with E-state index < -0.39 is 29.0 Å². The molecule has 1 heterocycles. The molecule has 1 aromatic carbocycles. The van der Waals surface area contributed by atoms with Gasteiger partial charge in [0.05, 0.1) is 29.3 Å². The standard InChI is InChI=1S/C11H6F6N2/c12-10(13,14)6-1-2-8(11(15,16)17)7(3-6)9-4-18-5-19-9/h1-5H,(H,18,19). The fourth-order valence-electron chi connectivity index (χ4n) is 1.59. The van der Waals surface area contributed by atoms with Crippen molar-refractivity contribution in [2.45, 2.75) is 12.4 Å². The molecule has 8 heteroatoms. The monoisotopic (exact) mass is 280 g/mol. The summed E-state index contributed by atoms with van der Waals surface area (Å²) >= 11 is 0. The number of nitrogens with zero attached hydrogens (tertiary/aromatic N) is 1. The van der Waals surface area contributed by atoms with Crippen LogP contribution in [0.1, 0.15) is 11.1 Å². The third-order valence-corrected chi connectivity index (χ3v) is 2.44. The summed E-state index contributed by atoms with van der Waals surface area (Å²) in [6.45, 7) is 0. The summed E-state index contributed by atoms with van der Waals surface area (Å²) in [4.78, 5) is 5.88. The highest BCUT2D eigenvalue weighted by atomic mass is 19.4. The van der Waals surface area contributed by atoms with Crippen LogP contribution in [-0.2, 0) is 12.4 Å². The zero-order valence-corrected chi connectivity index (χ0v) is 9.10. The number of imidazole rings is 1. The Hall–Kier alpha value is -1.99. The zero-order valence-electron chi connectivity index (χ0n) is 9.10. The van der Waals surface area contributed by atoms with E-state index in [-0.39, 0.29) is 5.69 Å². The van der Waals surface area contributed by atoms with E-state index in [0.717, 1.165) is 12.5 Å². The lowest BCUT2D eigenvalue weighted by atomic mass is 10.0. The van der Waals surface area contributed by atoms with Gasteiger partial charge in [0.1, 0.15) is 0 Å². The van der Waals surface area contributed by atoms with E-state index in [2.05, 4.69) is 9.97 Å². The Labute approximate surface area is 103 Å². The minimum absolute atomic E-state index is 0.126. The SMILES string of the molecule is FC(F)(F)c1ccc(C(F)(F)F)c(-c2cnc[nH]2)c1. The minimum Gasteiger partial charge on any atom is -0.345 e. The second-order valence-corrected chi connectivity index (χ2v) is 3.72. The summed E-state index contributed by atoms with van der Waals surface area (Å²) in [7, 11) is 0. The van der Waals surface area contributed by atoms with Gasteiger partial charge in [-0.15, -0.1) is 0 Å². The summed E-state index contributed by atoms with van der Waals surface area (Å²) in [6, 6.07) is 1.28. The van der Waals surface area contributed by atoms with Gasteiger partial charge >= 0.3 is 12.4 Å². The van der Waals surface area contributed by atoms with Gasteiger partial charge in [0, 0.05) is 5.56 Å². The zero-order chi connectivity index (χ0) is 14.3. The van der Waals surface area contributed by atoms with Crippen LogP contribution in [0, 0.1) is 0 Å².